The number of nitrogens with zero attached hydrogens (tertiary/aromatic N) is 6. The molecule has 0 amide bonds. The van der Waals surface area contributed by atoms with E-state index in [1.165, 1.54) is 6.20 Å². The first-order valence-corrected chi connectivity index (χ1v) is 11.7. The summed E-state index contributed by atoms with van der Waals surface area (Å²) in [4.78, 5) is 23.7. The lowest BCUT2D eigenvalue weighted by molar-refractivity contribution is 0.0981. The van der Waals surface area contributed by atoms with Crippen LogP contribution in [-0.4, -0.2) is 82.1 Å². The molecule has 2 aliphatic rings. The normalized spacial score (nSPS) is 19.0. The van der Waals surface area contributed by atoms with E-state index in [0.717, 1.165) is 79.7 Å². The molecule has 2 saturated heterocycles. The van der Waals surface area contributed by atoms with E-state index < -0.39 is 0 Å². The van der Waals surface area contributed by atoms with Gasteiger partial charge in [-0.15, -0.1) is 0 Å². The van der Waals surface area contributed by atoms with Crippen molar-refractivity contribution in [2.24, 2.45) is 0 Å². The second-order valence-corrected chi connectivity index (χ2v) is 9.22. The van der Waals surface area contributed by atoms with Crippen LogP contribution in [0.5, 0.6) is 0 Å². The summed E-state index contributed by atoms with van der Waals surface area (Å²) in [6.07, 6.45) is 8.80. The molecular formula is C25H28FN7. The van der Waals surface area contributed by atoms with Gasteiger partial charge in [0, 0.05) is 68.7 Å². The van der Waals surface area contributed by atoms with Crippen molar-refractivity contribution < 1.29 is 4.39 Å². The monoisotopic (exact) mass is 445 g/mol. The summed E-state index contributed by atoms with van der Waals surface area (Å²) in [6, 6.07) is 6.49. The Morgan fingerprint density at radius 3 is 2.58 bits per heavy atom. The Morgan fingerprint density at radius 2 is 1.82 bits per heavy atom. The van der Waals surface area contributed by atoms with Crippen LogP contribution in [0.15, 0.2) is 43.0 Å². The zero-order chi connectivity index (χ0) is 22.4. The molecule has 4 aromatic heterocycles. The molecule has 0 atom stereocenters. The van der Waals surface area contributed by atoms with Gasteiger partial charge in [0.05, 0.1) is 34.7 Å². The lowest BCUT2D eigenvalue weighted by Crippen LogP contribution is -2.52. The van der Waals surface area contributed by atoms with Crippen molar-refractivity contribution in [1.82, 2.24) is 29.7 Å². The van der Waals surface area contributed by atoms with Gasteiger partial charge in [-0.1, -0.05) is 0 Å². The summed E-state index contributed by atoms with van der Waals surface area (Å²) in [5.41, 5.74) is 3.98. The van der Waals surface area contributed by atoms with E-state index in [4.69, 9.17) is 0 Å². The fraction of sp³-hybridized carbons (Fsp3) is 0.400. The molecule has 2 fully saturated rings. The van der Waals surface area contributed by atoms with Crippen LogP contribution in [0.4, 0.5) is 10.1 Å². The van der Waals surface area contributed by atoms with E-state index in [1.807, 2.05) is 18.2 Å². The Balaban J connectivity index is 1.34. The van der Waals surface area contributed by atoms with Crippen molar-refractivity contribution >= 4 is 27.6 Å². The molecule has 0 saturated carbocycles. The van der Waals surface area contributed by atoms with E-state index >= 15 is 4.39 Å². The van der Waals surface area contributed by atoms with Crippen LogP contribution in [0.2, 0.25) is 0 Å². The fourth-order valence-corrected chi connectivity index (χ4v) is 5.34. The van der Waals surface area contributed by atoms with Crippen LogP contribution in [0.25, 0.3) is 33.2 Å². The molecule has 0 radical (unpaired) electrons. The third-order valence-corrected chi connectivity index (χ3v) is 7.23. The second kappa shape index (κ2) is 8.35. The highest BCUT2D eigenvalue weighted by Gasteiger charge is 2.29. The average Bonchev–Trinajstić information content (AvgIpc) is 3.23. The largest absolute Gasteiger partial charge is 0.368 e. The maximum atomic E-state index is 15.3. The van der Waals surface area contributed by atoms with E-state index in [1.54, 1.807) is 18.6 Å². The Labute approximate surface area is 192 Å². The van der Waals surface area contributed by atoms with Crippen molar-refractivity contribution in [3.05, 3.63) is 48.8 Å². The first-order chi connectivity index (χ1) is 16.2. The number of aromatic nitrogens is 4. The number of fused-ring (bicyclic) bond motifs is 3. The molecule has 33 heavy (non-hydrogen) atoms. The first kappa shape index (κ1) is 20.5. The molecule has 4 aromatic rings. The number of halogens is 1. The molecule has 0 bridgehead atoms. The van der Waals surface area contributed by atoms with Crippen LogP contribution < -0.4 is 4.90 Å². The summed E-state index contributed by atoms with van der Waals surface area (Å²) >= 11 is 0. The number of hydrogen-bond donors (Lipinski definition) is 1. The molecule has 6 heterocycles. The Bertz CT molecular complexity index is 1270. The van der Waals surface area contributed by atoms with Gasteiger partial charge in [0.1, 0.15) is 5.65 Å². The van der Waals surface area contributed by atoms with E-state index in [2.05, 4.69) is 41.7 Å². The highest BCUT2D eigenvalue weighted by Crippen LogP contribution is 2.37. The number of piperazine rings is 1. The molecule has 0 aliphatic carbocycles. The molecular weight excluding hydrogens is 417 g/mol. The molecule has 0 unspecified atom stereocenters. The molecule has 7 nitrogen and oxygen atoms in total. The average molecular weight is 446 g/mol. The lowest BCUT2D eigenvalue weighted by atomic mass is 10.0. The number of aromatic amines is 1. The molecule has 1 N–H and O–H groups in total. The number of piperidine rings is 1. The van der Waals surface area contributed by atoms with Gasteiger partial charge < -0.3 is 14.8 Å². The van der Waals surface area contributed by atoms with E-state index in [9.17, 15) is 0 Å². The van der Waals surface area contributed by atoms with Crippen LogP contribution >= 0.6 is 0 Å². The van der Waals surface area contributed by atoms with Crippen molar-refractivity contribution in [3.63, 3.8) is 0 Å². The van der Waals surface area contributed by atoms with Gasteiger partial charge in [-0.25, -0.2) is 9.37 Å². The van der Waals surface area contributed by atoms with Crippen LogP contribution in [0.3, 0.4) is 0 Å². The van der Waals surface area contributed by atoms with Crippen molar-refractivity contribution in [3.8, 4) is 11.3 Å². The van der Waals surface area contributed by atoms with E-state index in [0.29, 0.717) is 17.4 Å². The quantitative estimate of drug-likeness (QED) is 0.521. The van der Waals surface area contributed by atoms with Crippen LogP contribution in [0.1, 0.15) is 12.8 Å². The summed E-state index contributed by atoms with van der Waals surface area (Å²) < 4.78 is 15.3. The molecule has 8 heteroatoms. The van der Waals surface area contributed by atoms with Gasteiger partial charge >= 0.3 is 0 Å². The fourth-order valence-electron chi connectivity index (χ4n) is 5.34. The summed E-state index contributed by atoms with van der Waals surface area (Å²) in [7, 11) is 2.19. The minimum absolute atomic E-state index is 0.263. The number of hydrogen-bond acceptors (Lipinski definition) is 6. The Hall–Kier alpha value is -3.10. The highest BCUT2D eigenvalue weighted by molar-refractivity contribution is 6.12. The Kier molecular flexibility index (Phi) is 5.19. The molecule has 0 spiro atoms. The SMILES string of the molecule is CN1CCN(C2CCN(c3c(F)cnc4[nH]c5cnc(-c6cccnc6)cc5c34)CC2)CC1. The smallest absolute Gasteiger partial charge is 0.165 e. The highest BCUT2D eigenvalue weighted by atomic mass is 19.1. The van der Waals surface area contributed by atoms with Crippen LogP contribution in [-0.2, 0) is 0 Å². The number of pyridine rings is 3. The number of likely N-dealkylation sites (N-methyl/N-ethyl adjacent to an activating group) is 1. The number of nitrogens with one attached hydrogen (secondary N) is 1. The molecule has 170 valence electrons. The summed E-state index contributed by atoms with van der Waals surface area (Å²) in [5.74, 6) is -0.263. The second-order valence-electron chi connectivity index (χ2n) is 9.22. The van der Waals surface area contributed by atoms with Gasteiger partial charge in [-0.3, -0.25) is 14.9 Å². The minimum atomic E-state index is -0.263. The maximum Gasteiger partial charge on any atom is 0.165 e. The summed E-state index contributed by atoms with van der Waals surface area (Å²) in [6.45, 7) is 6.20. The third-order valence-electron chi connectivity index (χ3n) is 7.23. The standard InChI is InChI=1S/C25H28FN7/c1-31-9-11-32(12-10-31)18-4-7-33(8-5-18)24-20(26)15-29-25-23(24)19-13-21(28-16-22(19)30-25)17-3-2-6-27-14-17/h2-3,6,13-16,18H,4-5,7-12H2,1H3,(H,29,30). The number of anilines is 1. The molecule has 2 aliphatic heterocycles. The number of H-pyrrole nitrogens is 1. The van der Waals surface area contributed by atoms with Gasteiger partial charge in [-0.05, 0) is 38.1 Å². The van der Waals surface area contributed by atoms with Gasteiger partial charge in [-0.2, -0.15) is 0 Å². The van der Waals surface area contributed by atoms with Gasteiger partial charge in [0.15, 0.2) is 5.82 Å². The van der Waals surface area contributed by atoms with Crippen molar-refractivity contribution in [2.45, 2.75) is 18.9 Å². The summed E-state index contributed by atoms with van der Waals surface area (Å²) in [5, 5.41) is 1.79. The molecule has 0 aromatic carbocycles. The third kappa shape index (κ3) is 3.73. The lowest BCUT2D eigenvalue weighted by Gasteiger charge is -2.42. The topological polar surface area (TPSA) is 64.2 Å². The van der Waals surface area contributed by atoms with E-state index in [-0.39, 0.29) is 5.82 Å². The zero-order valence-electron chi connectivity index (χ0n) is 18.8. The minimum Gasteiger partial charge on any atom is -0.368 e. The number of rotatable bonds is 3. The predicted octanol–water partition coefficient (Wildman–Crippen LogP) is 3.53. The first-order valence-electron chi connectivity index (χ1n) is 11.7. The van der Waals surface area contributed by atoms with Crippen molar-refractivity contribution in [2.75, 3.05) is 51.2 Å². The van der Waals surface area contributed by atoms with Crippen molar-refractivity contribution in [1.29, 1.82) is 0 Å². The maximum absolute atomic E-state index is 15.3. The van der Waals surface area contributed by atoms with Gasteiger partial charge in [0.2, 0.25) is 0 Å². The van der Waals surface area contributed by atoms with Crippen LogP contribution in [0, 0.1) is 5.82 Å². The Morgan fingerprint density at radius 1 is 1.00 bits per heavy atom. The predicted molar refractivity (Wildman–Crippen MR) is 129 cm³/mol. The molecule has 6 rings (SSSR count). The zero-order valence-corrected chi connectivity index (χ0v) is 18.8. The van der Waals surface area contributed by atoms with Gasteiger partial charge in [0.25, 0.3) is 0 Å².